The monoisotopic (exact) mass is 372 g/mol. The predicted octanol–water partition coefficient (Wildman–Crippen LogP) is 3.09. The number of nitrogens with one attached hydrogen (secondary N) is 1. The van der Waals surface area contributed by atoms with Crippen molar-refractivity contribution in [2.45, 2.75) is 13.0 Å². The van der Waals surface area contributed by atoms with Crippen LogP contribution in [0.2, 0.25) is 5.02 Å². The van der Waals surface area contributed by atoms with Crippen molar-refractivity contribution in [2.75, 3.05) is 11.9 Å². The highest BCUT2D eigenvalue weighted by Gasteiger charge is 2.09. The van der Waals surface area contributed by atoms with Gasteiger partial charge < -0.3 is 5.32 Å². The maximum absolute atomic E-state index is 12.0. The first-order chi connectivity index (χ1) is 12.2. The van der Waals surface area contributed by atoms with Crippen LogP contribution in [-0.2, 0) is 17.8 Å². The summed E-state index contributed by atoms with van der Waals surface area (Å²) in [6.45, 7) is 1.15. The second-order valence-corrected chi connectivity index (χ2v) is 7.15. The van der Waals surface area contributed by atoms with Gasteiger partial charge in [0.05, 0.1) is 0 Å². The lowest BCUT2D eigenvalue weighted by atomic mass is 10.1. The fourth-order valence-corrected chi connectivity index (χ4v) is 3.49. The number of anilines is 1. The molecule has 0 atom stereocenters. The SMILES string of the molecule is O=C(C[NH2+]Cc1ccccc1)Nc1ncc(Cc2ccccc2Cl)s1. The Morgan fingerprint density at radius 1 is 1.12 bits per heavy atom. The zero-order valence-corrected chi connectivity index (χ0v) is 15.2. The normalized spacial score (nSPS) is 10.6. The number of rotatable bonds is 7. The van der Waals surface area contributed by atoms with Crippen LogP contribution < -0.4 is 10.6 Å². The molecule has 1 amide bonds. The third-order valence-corrected chi connectivity index (χ3v) is 4.96. The van der Waals surface area contributed by atoms with Crippen LogP contribution in [0.25, 0.3) is 0 Å². The summed E-state index contributed by atoms with van der Waals surface area (Å²) < 4.78 is 0. The van der Waals surface area contributed by atoms with Crippen molar-refractivity contribution in [1.29, 1.82) is 0 Å². The average molecular weight is 373 g/mol. The number of hydrogen-bond acceptors (Lipinski definition) is 3. The predicted molar refractivity (Wildman–Crippen MR) is 102 cm³/mol. The molecular weight excluding hydrogens is 354 g/mol. The molecule has 0 aliphatic heterocycles. The summed E-state index contributed by atoms with van der Waals surface area (Å²) >= 11 is 7.66. The Hall–Kier alpha value is -2.21. The van der Waals surface area contributed by atoms with Crippen molar-refractivity contribution in [3.05, 3.63) is 81.8 Å². The first kappa shape index (κ1) is 17.6. The maximum Gasteiger partial charge on any atom is 0.281 e. The summed E-state index contributed by atoms with van der Waals surface area (Å²) in [4.78, 5) is 17.4. The van der Waals surface area contributed by atoms with Crippen LogP contribution in [0.1, 0.15) is 16.0 Å². The first-order valence-electron chi connectivity index (χ1n) is 8.04. The lowest BCUT2D eigenvalue weighted by Gasteiger charge is -2.02. The largest absolute Gasteiger partial charge is 0.335 e. The number of aromatic nitrogens is 1. The molecule has 3 aromatic rings. The van der Waals surface area contributed by atoms with Crippen LogP contribution in [0.3, 0.4) is 0 Å². The number of carbonyl (C=O) groups excluding carboxylic acids is 1. The molecular formula is C19H19ClN3OS+. The topological polar surface area (TPSA) is 58.6 Å². The number of halogens is 1. The van der Waals surface area contributed by atoms with Crippen LogP contribution in [0.15, 0.2) is 60.8 Å². The van der Waals surface area contributed by atoms with Gasteiger partial charge in [-0.05, 0) is 11.6 Å². The highest BCUT2D eigenvalue weighted by atomic mass is 35.5. The molecule has 0 unspecified atom stereocenters. The van der Waals surface area contributed by atoms with Gasteiger partial charge in [0, 0.05) is 28.1 Å². The molecule has 3 rings (SSSR count). The van der Waals surface area contributed by atoms with Crippen molar-refractivity contribution in [3.63, 3.8) is 0 Å². The van der Waals surface area contributed by atoms with Gasteiger partial charge in [-0.1, -0.05) is 60.1 Å². The smallest absolute Gasteiger partial charge is 0.281 e. The minimum absolute atomic E-state index is 0.0467. The molecule has 0 aliphatic carbocycles. The van der Waals surface area contributed by atoms with Gasteiger partial charge in [0.2, 0.25) is 0 Å². The second kappa shape index (κ2) is 8.76. The summed E-state index contributed by atoms with van der Waals surface area (Å²) in [6.07, 6.45) is 2.50. The average Bonchev–Trinajstić information content (AvgIpc) is 3.05. The van der Waals surface area contributed by atoms with Gasteiger partial charge in [-0.2, -0.15) is 0 Å². The number of nitrogens with two attached hydrogens (primary N) is 1. The summed E-state index contributed by atoms with van der Waals surface area (Å²) in [6, 6.07) is 17.8. The van der Waals surface area contributed by atoms with Crippen LogP contribution in [-0.4, -0.2) is 17.4 Å². The number of thiazole rings is 1. The molecule has 0 spiro atoms. The Morgan fingerprint density at radius 2 is 1.88 bits per heavy atom. The van der Waals surface area contributed by atoms with Crippen molar-refractivity contribution < 1.29 is 10.1 Å². The third kappa shape index (κ3) is 5.39. The van der Waals surface area contributed by atoms with Crippen LogP contribution in [0, 0.1) is 0 Å². The number of hydrogen-bond donors (Lipinski definition) is 2. The van der Waals surface area contributed by atoms with E-state index in [4.69, 9.17) is 11.6 Å². The number of quaternary nitrogens is 1. The van der Waals surface area contributed by atoms with Crippen molar-refractivity contribution in [3.8, 4) is 0 Å². The Balaban J connectivity index is 1.47. The fraction of sp³-hybridized carbons (Fsp3) is 0.158. The molecule has 0 bridgehead atoms. The Kier molecular flexibility index (Phi) is 6.17. The summed E-state index contributed by atoms with van der Waals surface area (Å²) in [5.74, 6) is -0.0467. The first-order valence-corrected chi connectivity index (χ1v) is 9.24. The molecule has 0 saturated carbocycles. The van der Waals surface area contributed by atoms with E-state index in [0.717, 1.165) is 22.0 Å². The van der Waals surface area contributed by atoms with E-state index >= 15 is 0 Å². The zero-order valence-electron chi connectivity index (χ0n) is 13.6. The van der Waals surface area contributed by atoms with E-state index in [1.54, 1.807) is 6.20 Å². The molecule has 1 aromatic heterocycles. The highest BCUT2D eigenvalue weighted by Crippen LogP contribution is 2.24. The van der Waals surface area contributed by atoms with Crippen molar-refractivity contribution in [1.82, 2.24) is 4.98 Å². The lowest BCUT2D eigenvalue weighted by molar-refractivity contribution is -0.659. The standard InChI is InChI=1S/C19H18ClN3OS/c20-17-9-5-4-8-15(17)10-16-12-22-19(25-16)23-18(24)13-21-11-14-6-2-1-3-7-14/h1-9,12,21H,10-11,13H2,(H,22,23,24)/p+1. The van der Waals surface area contributed by atoms with E-state index < -0.39 is 0 Å². The summed E-state index contributed by atoms with van der Waals surface area (Å²) in [5.41, 5.74) is 2.26. The van der Waals surface area contributed by atoms with Gasteiger partial charge in [-0.3, -0.25) is 10.1 Å². The van der Waals surface area contributed by atoms with Gasteiger partial charge >= 0.3 is 0 Å². The Morgan fingerprint density at radius 3 is 2.68 bits per heavy atom. The van der Waals surface area contributed by atoms with E-state index in [1.165, 1.54) is 16.9 Å². The van der Waals surface area contributed by atoms with Crippen LogP contribution in [0.4, 0.5) is 5.13 Å². The maximum atomic E-state index is 12.0. The minimum atomic E-state index is -0.0467. The molecule has 1 heterocycles. The number of amides is 1. The number of carbonyl (C=O) groups is 1. The molecule has 25 heavy (non-hydrogen) atoms. The summed E-state index contributed by atoms with van der Waals surface area (Å²) in [5, 5.41) is 6.20. The molecule has 6 heteroatoms. The third-order valence-electron chi connectivity index (χ3n) is 3.68. The van der Waals surface area contributed by atoms with Gasteiger partial charge in [0.1, 0.15) is 6.54 Å². The van der Waals surface area contributed by atoms with Crippen molar-refractivity contribution >= 4 is 34.0 Å². The van der Waals surface area contributed by atoms with Crippen LogP contribution >= 0.6 is 22.9 Å². The van der Waals surface area contributed by atoms with Crippen LogP contribution in [0.5, 0.6) is 0 Å². The second-order valence-electron chi connectivity index (χ2n) is 5.63. The van der Waals surface area contributed by atoms with E-state index in [2.05, 4.69) is 22.4 Å². The summed E-state index contributed by atoms with van der Waals surface area (Å²) in [7, 11) is 0. The molecule has 4 nitrogen and oxygen atoms in total. The zero-order chi connectivity index (χ0) is 17.5. The molecule has 2 aromatic carbocycles. The van der Waals surface area contributed by atoms with Gasteiger partial charge in [-0.15, -0.1) is 11.3 Å². The molecule has 0 fully saturated rings. The molecule has 0 saturated heterocycles. The van der Waals surface area contributed by atoms with Gasteiger partial charge in [0.15, 0.2) is 11.7 Å². The van der Waals surface area contributed by atoms with E-state index in [-0.39, 0.29) is 5.91 Å². The molecule has 0 aliphatic rings. The van der Waals surface area contributed by atoms with Gasteiger partial charge in [0.25, 0.3) is 5.91 Å². The van der Waals surface area contributed by atoms with E-state index in [0.29, 0.717) is 18.1 Å². The molecule has 0 radical (unpaired) electrons. The minimum Gasteiger partial charge on any atom is -0.335 e. The molecule has 3 N–H and O–H groups in total. The molecule has 128 valence electrons. The number of nitrogens with zero attached hydrogens (tertiary/aromatic N) is 1. The van der Waals surface area contributed by atoms with Crippen molar-refractivity contribution in [2.24, 2.45) is 0 Å². The van der Waals surface area contributed by atoms with E-state index in [1.807, 2.05) is 47.8 Å². The highest BCUT2D eigenvalue weighted by molar-refractivity contribution is 7.15. The Labute approximate surface area is 155 Å². The lowest BCUT2D eigenvalue weighted by Crippen LogP contribution is -2.84. The Bertz CT molecular complexity index is 835. The van der Waals surface area contributed by atoms with Gasteiger partial charge in [-0.25, -0.2) is 4.98 Å². The van der Waals surface area contributed by atoms with E-state index in [9.17, 15) is 4.79 Å². The quantitative estimate of drug-likeness (QED) is 0.669. The fourth-order valence-electron chi connectivity index (χ4n) is 2.43. The number of benzene rings is 2.